The van der Waals surface area contributed by atoms with Crippen molar-refractivity contribution in [1.29, 1.82) is 0 Å². The van der Waals surface area contributed by atoms with Crippen molar-refractivity contribution < 1.29 is 42.9 Å². The summed E-state index contributed by atoms with van der Waals surface area (Å²) in [6, 6.07) is 0. The SMILES string of the molecule is CCCCC/C=C\C/C=C\C/C=C\CCCCCCCCC(=O)OC(COC(=O)CCCCCCCCCCCCCCCCCCCCCCCCCCCCCCCCCCCCCCCCCCC)COC(OCC[N+](C)(C)C)C(=O)O. The zero-order valence-corrected chi connectivity index (χ0v) is 57.3. The van der Waals surface area contributed by atoms with Gasteiger partial charge < -0.3 is 28.5 Å². The molecule has 2 atom stereocenters. The molecule has 0 aromatic heterocycles. The molecule has 0 aliphatic rings. The van der Waals surface area contributed by atoms with Crippen molar-refractivity contribution in [3.63, 3.8) is 0 Å². The van der Waals surface area contributed by atoms with Gasteiger partial charge in [0.25, 0.3) is 6.29 Å². The van der Waals surface area contributed by atoms with E-state index in [-0.39, 0.29) is 32.2 Å². The third-order valence-corrected chi connectivity index (χ3v) is 16.9. The Morgan fingerprint density at radius 3 is 0.965 bits per heavy atom. The van der Waals surface area contributed by atoms with Crippen LogP contribution in [0.4, 0.5) is 0 Å². The molecule has 1 N–H and O–H groups in total. The second kappa shape index (κ2) is 67.4. The number of esters is 2. The Balaban J connectivity index is 3.90. The predicted molar refractivity (Wildman–Crippen MR) is 364 cm³/mol. The summed E-state index contributed by atoms with van der Waals surface area (Å²) in [7, 11) is 5.98. The smallest absolute Gasteiger partial charge is 0.361 e. The molecule has 9 nitrogen and oxygen atoms in total. The zero-order chi connectivity index (χ0) is 61.9. The lowest BCUT2D eigenvalue weighted by Gasteiger charge is -2.25. The number of aliphatic carboxylic acids is 1. The van der Waals surface area contributed by atoms with Gasteiger partial charge in [-0.05, 0) is 51.4 Å². The van der Waals surface area contributed by atoms with Crippen molar-refractivity contribution in [2.75, 3.05) is 47.5 Å². The van der Waals surface area contributed by atoms with E-state index in [1.165, 1.54) is 283 Å². The van der Waals surface area contributed by atoms with Gasteiger partial charge in [0, 0.05) is 12.8 Å². The van der Waals surface area contributed by atoms with Gasteiger partial charge in [-0.25, -0.2) is 4.79 Å². The lowest BCUT2D eigenvalue weighted by molar-refractivity contribution is -0.870. The number of ether oxygens (including phenoxy) is 4. The van der Waals surface area contributed by atoms with Gasteiger partial charge in [0.2, 0.25) is 0 Å². The minimum Gasteiger partial charge on any atom is -0.477 e. The molecule has 0 spiro atoms. The van der Waals surface area contributed by atoms with Gasteiger partial charge in [-0.2, -0.15) is 0 Å². The maximum atomic E-state index is 12.9. The predicted octanol–water partition coefficient (Wildman–Crippen LogP) is 23.1. The molecule has 0 bridgehead atoms. The summed E-state index contributed by atoms with van der Waals surface area (Å²) in [5, 5.41) is 9.73. The Labute approximate surface area is 528 Å². The third-order valence-electron chi connectivity index (χ3n) is 16.9. The normalized spacial score (nSPS) is 12.8. The molecule has 2 unspecified atom stereocenters. The van der Waals surface area contributed by atoms with Crippen LogP contribution in [-0.2, 0) is 33.3 Å². The highest BCUT2D eigenvalue weighted by atomic mass is 16.7. The molecule has 0 saturated carbocycles. The Kier molecular flexibility index (Phi) is 65.5. The first-order valence-electron chi connectivity index (χ1n) is 37.2. The van der Waals surface area contributed by atoms with E-state index in [0.717, 1.165) is 57.8 Å². The summed E-state index contributed by atoms with van der Waals surface area (Å²) in [5.74, 6) is -2.00. The lowest BCUT2D eigenvalue weighted by atomic mass is 10.0. The van der Waals surface area contributed by atoms with Crippen LogP contribution < -0.4 is 0 Å². The zero-order valence-electron chi connectivity index (χ0n) is 57.3. The number of carboxylic acids is 1. The standard InChI is InChI=1S/C76H143NO8/c1-6-8-10-12-14-16-18-20-22-24-26-27-28-29-30-31-32-33-34-35-36-37-38-39-40-41-42-43-44-45-46-47-49-50-52-54-56-58-60-62-64-66-73(78)83-70-72(71-84-76(75(80)81)82-69-68-77(3,4)5)85-74(79)67-65-63-61-59-57-55-53-51-48-25-23-21-19-17-15-13-11-9-7-2/h15,17,21,23,48,51,72,76H,6-14,16,18-20,22,24-47,49-50,52-71H2,1-5H3/p+1/b17-15-,23-21-,51-48-. The van der Waals surface area contributed by atoms with Gasteiger partial charge in [-0.1, -0.05) is 346 Å². The number of quaternary nitrogens is 1. The average Bonchev–Trinajstić information content (AvgIpc) is 3.48. The highest BCUT2D eigenvalue weighted by molar-refractivity contribution is 5.71. The molecule has 85 heavy (non-hydrogen) atoms. The first kappa shape index (κ1) is 82.5. The van der Waals surface area contributed by atoms with Crippen LogP contribution in [0.25, 0.3) is 0 Å². The molecule has 0 aromatic rings. The average molecular weight is 1200 g/mol. The fraction of sp³-hybridized carbons (Fsp3) is 0.882. The highest BCUT2D eigenvalue weighted by Gasteiger charge is 2.25. The summed E-state index contributed by atoms with van der Waals surface area (Å²) < 4.78 is 23.0. The highest BCUT2D eigenvalue weighted by Crippen LogP contribution is 2.19. The van der Waals surface area contributed by atoms with Gasteiger partial charge in [0.05, 0.1) is 34.4 Å². The van der Waals surface area contributed by atoms with E-state index in [2.05, 4.69) is 50.3 Å². The number of rotatable bonds is 70. The number of allylic oxidation sites excluding steroid dienone is 6. The molecular formula is C76H144NO8+. The quantitative estimate of drug-likeness (QED) is 0.0211. The molecule has 0 radical (unpaired) electrons. The van der Waals surface area contributed by atoms with E-state index in [1.54, 1.807) is 0 Å². The lowest BCUT2D eigenvalue weighted by Crippen LogP contribution is -2.40. The third kappa shape index (κ3) is 68.9. The maximum Gasteiger partial charge on any atom is 0.361 e. The molecule has 0 aromatic carbocycles. The molecule has 9 heteroatoms. The fourth-order valence-electron chi connectivity index (χ4n) is 11.2. The van der Waals surface area contributed by atoms with Crippen LogP contribution in [0.15, 0.2) is 36.5 Å². The molecule has 0 fully saturated rings. The van der Waals surface area contributed by atoms with Crippen molar-refractivity contribution in [3.8, 4) is 0 Å². The van der Waals surface area contributed by atoms with Crippen LogP contribution >= 0.6 is 0 Å². The van der Waals surface area contributed by atoms with Crippen LogP contribution in [-0.4, -0.2) is 87.4 Å². The van der Waals surface area contributed by atoms with Crippen molar-refractivity contribution in [2.24, 2.45) is 0 Å². The number of unbranched alkanes of at least 4 members (excludes halogenated alkanes) is 49. The van der Waals surface area contributed by atoms with Crippen LogP contribution in [0.5, 0.6) is 0 Å². The summed E-state index contributed by atoms with van der Waals surface area (Å²) in [4.78, 5) is 37.6. The van der Waals surface area contributed by atoms with E-state index in [4.69, 9.17) is 18.9 Å². The minimum atomic E-state index is -1.51. The van der Waals surface area contributed by atoms with E-state index < -0.39 is 24.3 Å². The van der Waals surface area contributed by atoms with Crippen molar-refractivity contribution in [2.45, 2.75) is 386 Å². The van der Waals surface area contributed by atoms with Crippen LogP contribution in [0.2, 0.25) is 0 Å². The fourth-order valence-corrected chi connectivity index (χ4v) is 11.2. The molecule has 0 rings (SSSR count). The van der Waals surface area contributed by atoms with Crippen molar-refractivity contribution >= 4 is 17.9 Å². The molecule has 0 heterocycles. The van der Waals surface area contributed by atoms with E-state index >= 15 is 0 Å². The summed E-state index contributed by atoms with van der Waals surface area (Å²) in [5.41, 5.74) is 0. The van der Waals surface area contributed by atoms with Crippen LogP contribution in [0, 0.1) is 0 Å². The Morgan fingerprint density at radius 2 is 0.635 bits per heavy atom. The van der Waals surface area contributed by atoms with Crippen LogP contribution in [0.1, 0.15) is 373 Å². The number of carbonyl (C=O) groups is 3. The van der Waals surface area contributed by atoms with Gasteiger partial charge in [-0.3, -0.25) is 9.59 Å². The van der Waals surface area contributed by atoms with E-state index in [1.807, 2.05) is 21.1 Å². The number of carboxylic acid groups (broad SMARTS) is 1. The van der Waals surface area contributed by atoms with E-state index in [0.29, 0.717) is 23.9 Å². The number of hydrogen-bond acceptors (Lipinski definition) is 7. The molecule has 0 amide bonds. The molecule has 0 aliphatic carbocycles. The number of hydrogen-bond donors (Lipinski definition) is 1. The summed E-state index contributed by atoms with van der Waals surface area (Å²) in [6.07, 6.45) is 83.0. The summed E-state index contributed by atoms with van der Waals surface area (Å²) >= 11 is 0. The van der Waals surface area contributed by atoms with Crippen LogP contribution in [0.3, 0.4) is 0 Å². The van der Waals surface area contributed by atoms with Crippen molar-refractivity contribution in [1.82, 2.24) is 0 Å². The molecule has 0 saturated heterocycles. The number of carbonyl (C=O) groups excluding carboxylic acids is 2. The largest absolute Gasteiger partial charge is 0.477 e. The Bertz CT molecular complexity index is 1490. The van der Waals surface area contributed by atoms with E-state index in [9.17, 15) is 19.5 Å². The maximum absolute atomic E-state index is 12.9. The number of likely N-dealkylation sites (N-methyl/N-ethyl adjacent to an activating group) is 1. The first-order chi connectivity index (χ1) is 41.6. The Morgan fingerprint density at radius 1 is 0.353 bits per heavy atom. The Hall–Kier alpha value is -2.49. The summed E-state index contributed by atoms with van der Waals surface area (Å²) in [6.45, 7) is 4.89. The second-order valence-corrected chi connectivity index (χ2v) is 26.6. The molecule has 0 aliphatic heterocycles. The minimum absolute atomic E-state index is 0.184. The monoisotopic (exact) mass is 1200 g/mol. The molecule has 500 valence electrons. The topological polar surface area (TPSA) is 108 Å². The first-order valence-corrected chi connectivity index (χ1v) is 37.2. The number of nitrogens with zero attached hydrogens (tertiary/aromatic N) is 1. The van der Waals surface area contributed by atoms with Gasteiger partial charge >= 0.3 is 17.9 Å². The van der Waals surface area contributed by atoms with Gasteiger partial charge in [-0.15, -0.1) is 0 Å². The second-order valence-electron chi connectivity index (χ2n) is 26.6. The van der Waals surface area contributed by atoms with Crippen molar-refractivity contribution in [3.05, 3.63) is 36.5 Å². The van der Waals surface area contributed by atoms with Gasteiger partial charge in [0.15, 0.2) is 6.10 Å². The van der Waals surface area contributed by atoms with Gasteiger partial charge in [0.1, 0.15) is 13.2 Å². The molecular weight excluding hydrogens is 1050 g/mol.